The molecule has 0 spiro atoms. The van der Waals surface area contributed by atoms with Gasteiger partial charge in [0.1, 0.15) is 17.6 Å². The van der Waals surface area contributed by atoms with Crippen molar-refractivity contribution in [3.8, 4) is 0 Å². The Morgan fingerprint density at radius 1 is 1.65 bits per heavy atom. The summed E-state index contributed by atoms with van der Waals surface area (Å²) in [4.78, 5) is 27.0. The van der Waals surface area contributed by atoms with Gasteiger partial charge in [-0.05, 0) is 19.9 Å². The molecule has 2 N–H and O–H groups in total. The van der Waals surface area contributed by atoms with E-state index in [1.807, 2.05) is 7.05 Å². The summed E-state index contributed by atoms with van der Waals surface area (Å²) in [6.45, 7) is 1.42. The van der Waals surface area contributed by atoms with Crippen molar-refractivity contribution in [3.63, 3.8) is 0 Å². The van der Waals surface area contributed by atoms with Gasteiger partial charge >= 0.3 is 11.7 Å². The Kier molecular flexibility index (Phi) is 4.14. The largest absolute Gasteiger partial charge is 0.477 e. The number of nitrogens with one attached hydrogen (secondary N) is 1. The number of anilines is 1. The van der Waals surface area contributed by atoms with Gasteiger partial charge in [-0.2, -0.15) is 0 Å². The predicted octanol–water partition coefficient (Wildman–Crippen LogP) is 1.19. The lowest BCUT2D eigenvalue weighted by molar-refractivity contribution is -0.385. The Balaban J connectivity index is 1.99. The van der Waals surface area contributed by atoms with Gasteiger partial charge in [-0.15, -0.1) is 0 Å². The second kappa shape index (κ2) is 5.83. The zero-order valence-electron chi connectivity index (χ0n) is 11.1. The number of nitro groups is 1. The minimum atomic E-state index is -1.34. The highest BCUT2D eigenvalue weighted by atomic mass is 16.6. The summed E-state index contributed by atoms with van der Waals surface area (Å²) in [6.07, 6.45) is 3.40. The zero-order valence-corrected chi connectivity index (χ0v) is 11.1. The van der Waals surface area contributed by atoms with E-state index in [-0.39, 0.29) is 5.56 Å². The summed E-state index contributed by atoms with van der Waals surface area (Å²) in [7, 11) is 2.03. The summed E-state index contributed by atoms with van der Waals surface area (Å²) < 4.78 is 0. The van der Waals surface area contributed by atoms with Crippen LogP contribution in [0.4, 0.5) is 11.5 Å². The highest BCUT2D eigenvalue weighted by molar-refractivity contribution is 5.93. The molecule has 1 aromatic rings. The lowest BCUT2D eigenvalue weighted by Crippen LogP contribution is -2.27. The highest BCUT2D eigenvalue weighted by Crippen LogP contribution is 2.25. The number of likely N-dealkylation sites (N-methyl/N-ethyl adjacent to an activating group) is 1. The molecule has 108 valence electrons. The van der Waals surface area contributed by atoms with Gasteiger partial charge in [0, 0.05) is 25.2 Å². The average Bonchev–Trinajstić information content (AvgIpc) is 3.22. The van der Waals surface area contributed by atoms with Crippen LogP contribution in [0.1, 0.15) is 23.2 Å². The molecule has 20 heavy (non-hydrogen) atoms. The zero-order chi connectivity index (χ0) is 14.7. The number of carboxylic acids is 1. The third kappa shape index (κ3) is 3.41. The van der Waals surface area contributed by atoms with Gasteiger partial charge in [-0.1, -0.05) is 0 Å². The number of nitrogens with zero attached hydrogens (tertiary/aromatic N) is 3. The van der Waals surface area contributed by atoms with Crippen LogP contribution in [0.5, 0.6) is 0 Å². The van der Waals surface area contributed by atoms with Crippen molar-refractivity contribution in [2.24, 2.45) is 0 Å². The van der Waals surface area contributed by atoms with Crippen molar-refractivity contribution in [2.45, 2.75) is 18.9 Å². The van der Waals surface area contributed by atoms with Crippen LogP contribution in [0.25, 0.3) is 0 Å². The van der Waals surface area contributed by atoms with E-state index >= 15 is 0 Å². The molecule has 2 rings (SSSR count). The predicted molar refractivity (Wildman–Crippen MR) is 72.0 cm³/mol. The molecular formula is C12H16N4O4. The van der Waals surface area contributed by atoms with Gasteiger partial charge in [-0.3, -0.25) is 10.1 Å². The SMILES string of the molecule is CN(CCNc1cc(C(=O)O)c([N+](=O)[O-])cn1)C1CC1. The second-order valence-corrected chi connectivity index (χ2v) is 4.79. The molecule has 1 aromatic heterocycles. The summed E-state index contributed by atoms with van der Waals surface area (Å²) in [5, 5.41) is 22.6. The molecule has 0 saturated heterocycles. The van der Waals surface area contributed by atoms with E-state index < -0.39 is 16.6 Å². The molecule has 0 aromatic carbocycles. The lowest BCUT2D eigenvalue weighted by Gasteiger charge is -2.15. The Hall–Kier alpha value is -2.22. The molecule has 0 radical (unpaired) electrons. The first-order chi connectivity index (χ1) is 9.49. The standard InChI is InChI=1S/C12H16N4O4/c1-15(8-2-3-8)5-4-13-11-6-9(12(17)18)10(7-14-11)16(19)20/h6-8H,2-5H2,1H3,(H,13,14)(H,17,18). The number of hydrogen-bond acceptors (Lipinski definition) is 6. The Morgan fingerprint density at radius 2 is 2.35 bits per heavy atom. The number of hydrogen-bond donors (Lipinski definition) is 2. The Morgan fingerprint density at radius 3 is 2.90 bits per heavy atom. The molecule has 1 fully saturated rings. The molecule has 1 aliphatic carbocycles. The average molecular weight is 280 g/mol. The third-order valence-corrected chi connectivity index (χ3v) is 3.25. The van der Waals surface area contributed by atoms with Crippen molar-refractivity contribution in [1.29, 1.82) is 0 Å². The number of aromatic carboxylic acids is 1. The first-order valence-electron chi connectivity index (χ1n) is 6.31. The van der Waals surface area contributed by atoms with Crippen molar-refractivity contribution in [2.75, 3.05) is 25.5 Å². The maximum Gasteiger partial charge on any atom is 0.342 e. The first kappa shape index (κ1) is 14.2. The summed E-state index contributed by atoms with van der Waals surface area (Å²) in [5.74, 6) is -1.01. The fraction of sp³-hybridized carbons (Fsp3) is 0.500. The fourth-order valence-electron chi connectivity index (χ4n) is 1.92. The minimum Gasteiger partial charge on any atom is -0.477 e. The summed E-state index contributed by atoms with van der Waals surface area (Å²) in [6, 6.07) is 1.84. The normalized spacial score (nSPS) is 14.3. The number of carbonyl (C=O) groups is 1. The number of rotatable bonds is 7. The van der Waals surface area contributed by atoms with E-state index in [4.69, 9.17) is 5.11 Å². The minimum absolute atomic E-state index is 0.331. The molecular weight excluding hydrogens is 264 g/mol. The van der Waals surface area contributed by atoms with E-state index in [9.17, 15) is 14.9 Å². The van der Waals surface area contributed by atoms with E-state index in [1.54, 1.807) is 0 Å². The van der Waals surface area contributed by atoms with Gasteiger partial charge in [0.05, 0.1) is 4.92 Å². The van der Waals surface area contributed by atoms with Gasteiger partial charge in [0.15, 0.2) is 0 Å². The Bertz CT molecular complexity index is 530. The van der Waals surface area contributed by atoms with Crippen LogP contribution in [-0.2, 0) is 0 Å². The molecule has 0 aliphatic heterocycles. The van der Waals surface area contributed by atoms with Crippen LogP contribution in [0.15, 0.2) is 12.3 Å². The number of aromatic nitrogens is 1. The number of carboxylic acid groups (broad SMARTS) is 1. The molecule has 0 bridgehead atoms. The first-order valence-corrected chi connectivity index (χ1v) is 6.31. The van der Waals surface area contributed by atoms with Gasteiger partial charge < -0.3 is 15.3 Å². The van der Waals surface area contributed by atoms with Gasteiger partial charge in [0.25, 0.3) is 0 Å². The maximum atomic E-state index is 11.0. The van der Waals surface area contributed by atoms with Crippen LogP contribution in [0.3, 0.4) is 0 Å². The van der Waals surface area contributed by atoms with Crippen molar-refractivity contribution >= 4 is 17.5 Å². The summed E-state index contributed by atoms with van der Waals surface area (Å²) in [5.41, 5.74) is -0.860. The van der Waals surface area contributed by atoms with Crippen molar-refractivity contribution in [3.05, 3.63) is 27.9 Å². The maximum absolute atomic E-state index is 11.0. The molecule has 0 amide bonds. The molecule has 1 saturated carbocycles. The lowest BCUT2D eigenvalue weighted by atomic mass is 10.2. The third-order valence-electron chi connectivity index (χ3n) is 3.25. The van der Waals surface area contributed by atoms with Gasteiger partial charge in [-0.25, -0.2) is 9.78 Å². The molecule has 1 aliphatic rings. The fourth-order valence-corrected chi connectivity index (χ4v) is 1.92. The molecule has 1 heterocycles. The monoisotopic (exact) mass is 280 g/mol. The van der Waals surface area contributed by atoms with Crippen molar-refractivity contribution in [1.82, 2.24) is 9.88 Å². The highest BCUT2D eigenvalue weighted by Gasteiger charge is 2.25. The quantitative estimate of drug-likeness (QED) is 0.570. The van der Waals surface area contributed by atoms with Gasteiger partial charge in [0.2, 0.25) is 0 Å². The van der Waals surface area contributed by atoms with E-state index in [0.717, 1.165) is 12.7 Å². The molecule has 0 atom stereocenters. The summed E-state index contributed by atoms with van der Waals surface area (Å²) >= 11 is 0. The molecule has 0 unspecified atom stereocenters. The molecule has 8 nitrogen and oxygen atoms in total. The molecule has 8 heteroatoms. The van der Waals surface area contributed by atoms with Crippen LogP contribution >= 0.6 is 0 Å². The smallest absolute Gasteiger partial charge is 0.342 e. The second-order valence-electron chi connectivity index (χ2n) is 4.79. The van der Waals surface area contributed by atoms with E-state index in [1.165, 1.54) is 18.9 Å². The number of pyridine rings is 1. The van der Waals surface area contributed by atoms with Crippen LogP contribution in [-0.4, -0.2) is 52.1 Å². The van der Waals surface area contributed by atoms with Crippen LogP contribution in [0, 0.1) is 10.1 Å². The topological polar surface area (TPSA) is 109 Å². The van der Waals surface area contributed by atoms with Crippen molar-refractivity contribution < 1.29 is 14.8 Å². The van der Waals surface area contributed by atoms with E-state index in [0.29, 0.717) is 18.4 Å². The van der Waals surface area contributed by atoms with E-state index in [2.05, 4.69) is 15.2 Å². The van der Waals surface area contributed by atoms with Crippen LogP contribution in [0.2, 0.25) is 0 Å². The van der Waals surface area contributed by atoms with Crippen LogP contribution < -0.4 is 5.32 Å². The Labute approximate surface area is 115 Å².